The molecule has 118 valence electrons. The van der Waals surface area contributed by atoms with Crippen molar-refractivity contribution in [2.24, 2.45) is 0 Å². The van der Waals surface area contributed by atoms with Crippen molar-refractivity contribution in [3.63, 3.8) is 0 Å². The molecule has 3 rings (SSSR count). The zero-order chi connectivity index (χ0) is 15.4. The van der Waals surface area contributed by atoms with Crippen molar-refractivity contribution in [1.82, 2.24) is 4.90 Å². The molecule has 0 saturated heterocycles. The first-order valence-electron chi connectivity index (χ1n) is 8.08. The molecule has 0 amide bonds. The Hall–Kier alpha value is -1.81. The van der Waals surface area contributed by atoms with E-state index in [2.05, 4.69) is 17.0 Å². The maximum absolute atomic E-state index is 11.9. The van der Waals surface area contributed by atoms with Crippen LogP contribution in [0.15, 0.2) is 42.1 Å². The highest BCUT2D eigenvalue weighted by molar-refractivity contribution is 5.86. The number of benzene rings is 1. The molecule has 22 heavy (non-hydrogen) atoms. The Balaban J connectivity index is 1.85. The van der Waals surface area contributed by atoms with Gasteiger partial charge < -0.3 is 14.7 Å². The van der Waals surface area contributed by atoms with Crippen molar-refractivity contribution in [3.05, 3.63) is 47.7 Å². The lowest BCUT2D eigenvalue weighted by Crippen LogP contribution is -2.42. The average molecular weight is 301 g/mol. The monoisotopic (exact) mass is 301 g/mol. The number of esters is 1. The summed E-state index contributed by atoms with van der Waals surface area (Å²) < 4.78 is 5.71. The maximum atomic E-state index is 11.9. The van der Waals surface area contributed by atoms with Gasteiger partial charge in [-0.1, -0.05) is 36.8 Å². The third kappa shape index (κ3) is 3.02. The molecule has 1 aliphatic heterocycles. The van der Waals surface area contributed by atoms with E-state index in [4.69, 9.17) is 4.74 Å². The number of carbonyl (C=O) groups excluding carboxylic acids is 1. The minimum atomic E-state index is -0.459. The van der Waals surface area contributed by atoms with Gasteiger partial charge in [0.1, 0.15) is 0 Å². The molecule has 1 aromatic rings. The molecule has 4 heteroatoms. The number of carbonyl (C=O) groups is 1. The quantitative estimate of drug-likeness (QED) is 0.849. The van der Waals surface area contributed by atoms with Gasteiger partial charge >= 0.3 is 5.97 Å². The molecule has 1 aromatic carbocycles. The predicted molar refractivity (Wildman–Crippen MR) is 83.9 cm³/mol. The first-order valence-corrected chi connectivity index (χ1v) is 8.08. The van der Waals surface area contributed by atoms with Gasteiger partial charge in [0, 0.05) is 19.2 Å². The third-order valence-electron chi connectivity index (χ3n) is 4.61. The normalized spacial score (nSPS) is 19.9. The number of nitrogens with zero attached hydrogens (tertiary/aromatic N) is 1. The van der Waals surface area contributed by atoms with Crippen LogP contribution in [0, 0.1) is 0 Å². The van der Waals surface area contributed by atoms with E-state index in [-0.39, 0.29) is 12.6 Å². The topological polar surface area (TPSA) is 49.8 Å². The van der Waals surface area contributed by atoms with Crippen molar-refractivity contribution < 1.29 is 14.6 Å². The molecule has 1 aliphatic carbocycles. The van der Waals surface area contributed by atoms with Crippen LogP contribution in [0.2, 0.25) is 0 Å². The van der Waals surface area contributed by atoms with Crippen molar-refractivity contribution in [2.45, 2.75) is 44.2 Å². The second-order valence-electron chi connectivity index (χ2n) is 6.14. The summed E-state index contributed by atoms with van der Waals surface area (Å²) in [6.07, 6.45) is 6.78. The second-order valence-corrected chi connectivity index (χ2v) is 6.14. The van der Waals surface area contributed by atoms with E-state index < -0.39 is 5.60 Å². The van der Waals surface area contributed by atoms with Crippen LogP contribution in [0.5, 0.6) is 0 Å². The molecule has 0 unspecified atom stereocenters. The van der Waals surface area contributed by atoms with Gasteiger partial charge in [-0.2, -0.15) is 0 Å². The van der Waals surface area contributed by atoms with E-state index in [9.17, 15) is 9.90 Å². The number of rotatable bonds is 5. The molecule has 0 aromatic heterocycles. The van der Waals surface area contributed by atoms with Gasteiger partial charge in [0.25, 0.3) is 0 Å². The minimum absolute atomic E-state index is 0.0639. The van der Waals surface area contributed by atoms with Crippen molar-refractivity contribution in [3.8, 4) is 0 Å². The van der Waals surface area contributed by atoms with Gasteiger partial charge in [-0.15, -0.1) is 0 Å². The zero-order valence-corrected chi connectivity index (χ0v) is 12.8. The lowest BCUT2D eigenvalue weighted by Gasteiger charge is -2.39. The number of ether oxygens (including phenoxy) is 1. The Morgan fingerprint density at radius 2 is 1.86 bits per heavy atom. The first-order chi connectivity index (χ1) is 10.7. The van der Waals surface area contributed by atoms with Gasteiger partial charge in [0.05, 0.1) is 12.3 Å². The summed E-state index contributed by atoms with van der Waals surface area (Å²) in [6.45, 7) is 1.26. The summed E-state index contributed by atoms with van der Waals surface area (Å²) in [6, 6.07) is 10.1. The maximum Gasteiger partial charge on any atom is 0.333 e. The minimum Gasteiger partial charge on any atom is -0.449 e. The summed E-state index contributed by atoms with van der Waals surface area (Å²) in [5, 5.41) is 9.43. The smallest absolute Gasteiger partial charge is 0.333 e. The van der Waals surface area contributed by atoms with E-state index in [1.165, 1.54) is 12.0 Å². The van der Waals surface area contributed by atoms with E-state index >= 15 is 0 Å². The molecule has 0 radical (unpaired) electrons. The van der Waals surface area contributed by atoms with Gasteiger partial charge in [0.15, 0.2) is 5.60 Å². The average Bonchev–Trinajstić information content (AvgIpc) is 2.84. The molecule has 1 fully saturated rings. The molecule has 1 spiro atoms. The van der Waals surface area contributed by atoms with Crippen LogP contribution in [0.4, 0.5) is 0 Å². The largest absolute Gasteiger partial charge is 0.449 e. The van der Waals surface area contributed by atoms with Crippen molar-refractivity contribution in [2.75, 3.05) is 13.2 Å². The van der Waals surface area contributed by atoms with E-state index in [1.807, 2.05) is 18.2 Å². The second kappa shape index (κ2) is 6.53. The molecule has 1 N–H and O–H groups in total. The zero-order valence-electron chi connectivity index (χ0n) is 12.8. The lowest BCUT2D eigenvalue weighted by molar-refractivity contribution is -0.149. The summed E-state index contributed by atoms with van der Waals surface area (Å²) in [5.74, 6) is -0.243. The molecule has 2 aliphatic rings. The predicted octanol–water partition coefficient (Wildman–Crippen LogP) is 2.62. The molecule has 0 bridgehead atoms. The SMILES string of the molecule is O=C1C=C(N(CCO)Cc2ccccc2)C2(CCCCC2)O1. The first kappa shape index (κ1) is 15.1. The molecule has 0 atom stereocenters. The van der Waals surface area contributed by atoms with E-state index in [0.717, 1.165) is 31.4 Å². The van der Waals surface area contributed by atoms with Crippen LogP contribution < -0.4 is 0 Å². The molecule has 4 nitrogen and oxygen atoms in total. The van der Waals surface area contributed by atoms with Gasteiger partial charge in [-0.05, 0) is 31.2 Å². The summed E-state index contributed by atoms with van der Waals surface area (Å²) >= 11 is 0. The van der Waals surface area contributed by atoms with Crippen LogP contribution in [0.3, 0.4) is 0 Å². The van der Waals surface area contributed by atoms with E-state index in [1.54, 1.807) is 6.08 Å². The van der Waals surface area contributed by atoms with Crippen molar-refractivity contribution >= 4 is 5.97 Å². The number of aliphatic hydroxyl groups is 1. The fourth-order valence-corrected chi connectivity index (χ4v) is 3.59. The van der Waals surface area contributed by atoms with Gasteiger partial charge in [-0.25, -0.2) is 4.79 Å². The highest BCUT2D eigenvalue weighted by atomic mass is 16.6. The lowest BCUT2D eigenvalue weighted by atomic mass is 9.82. The fourth-order valence-electron chi connectivity index (χ4n) is 3.59. The molecule has 1 heterocycles. The summed E-state index contributed by atoms with van der Waals surface area (Å²) in [7, 11) is 0. The molecule has 1 saturated carbocycles. The van der Waals surface area contributed by atoms with Gasteiger partial charge in [0.2, 0.25) is 0 Å². The van der Waals surface area contributed by atoms with E-state index in [0.29, 0.717) is 13.1 Å². The van der Waals surface area contributed by atoms with Gasteiger partial charge in [-0.3, -0.25) is 0 Å². The van der Waals surface area contributed by atoms with Crippen LogP contribution in [-0.4, -0.2) is 34.7 Å². The number of hydrogen-bond donors (Lipinski definition) is 1. The number of aliphatic hydroxyl groups excluding tert-OH is 1. The third-order valence-corrected chi connectivity index (χ3v) is 4.61. The Labute approximate surface area is 131 Å². The van der Waals surface area contributed by atoms with Crippen molar-refractivity contribution in [1.29, 1.82) is 0 Å². The number of hydrogen-bond acceptors (Lipinski definition) is 4. The van der Waals surface area contributed by atoms with Crippen LogP contribution in [0.1, 0.15) is 37.7 Å². The molecular weight excluding hydrogens is 278 g/mol. The highest BCUT2D eigenvalue weighted by Gasteiger charge is 2.46. The fraction of sp³-hybridized carbons (Fsp3) is 0.500. The Kier molecular flexibility index (Phi) is 4.48. The summed E-state index contributed by atoms with van der Waals surface area (Å²) in [4.78, 5) is 14.0. The standard InChI is InChI=1S/C18H23NO3/c20-12-11-19(14-15-7-3-1-4-8-15)16-13-17(21)22-18(16)9-5-2-6-10-18/h1,3-4,7-8,13,20H,2,5-6,9-12,14H2. The van der Waals surface area contributed by atoms with Crippen LogP contribution in [-0.2, 0) is 16.1 Å². The van der Waals surface area contributed by atoms with Crippen LogP contribution >= 0.6 is 0 Å². The Morgan fingerprint density at radius 3 is 2.55 bits per heavy atom. The Bertz CT molecular complexity index is 547. The Morgan fingerprint density at radius 1 is 1.14 bits per heavy atom. The highest BCUT2D eigenvalue weighted by Crippen LogP contribution is 2.42. The molecular formula is C18H23NO3. The summed E-state index contributed by atoms with van der Waals surface area (Å²) in [5.41, 5.74) is 1.66. The van der Waals surface area contributed by atoms with Crippen LogP contribution in [0.25, 0.3) is 0 Å².